The maximum atomic E-state index is 4.34. The van der Waals surface area contributed by atoms with Gasteiger partial charge in [0.25, 0.3) is 0 Å². The van der Waals surface area contributed by atoms with Gasteiger partial charge in [0.15, 0.2) is 0 Å². The molecule has 2 heterocycles. The lowest BCUT2D eigenvalue weighted by Gasteiger charge is -2.14. The molecule has 0 saturated carbocycles. The van der Waals surface area contributed by atoms with E-state index in [2.05, 4.69) is 158 Å². The Balaban J connectivity index is 1.38. The summed E-state index contributed by atoms with van der Waals surface area (Å²) in [7, 11) is 0. The maximum Gasteiger partial charge on any atom is 0.0619 e. The summed E-state index contributed by atoms with van der Waals surface area (Å²) in [4.78, 5) is 0. The third kappa shape index (κ3) is 3.86. The van der Waals surface area contributed by atoms with E-state index in [9.17, 15) is 0 Å². The summed E-state index contributed by atoms with van der Waals surface area (Å²) in [6.07, 6.45) is 2.04. The molecule has 0 atom stereocenters. The van der Waals surface area contributed by atoms with Crippen LogP contribution in [0.3, 0.4) is 0 Å². The van der Waals surface area contributed by atoms with E-state index < -0.39 is 0 Å². The number of nitrogens with zero attached hydrogens (tertiary/aromatic N) is 1. The summed E-state index contributed by atoms with van der Waals surface area (Å²) in [6, 6.07) is 51.1. The van der Waals surface area contributed by atoms with Crippen molar-refractivity contribution in [2.45, 2.75) is 6.92 Å². The third-order valence-electron chi connectivity index (χ3n) is 9.32. The Hall–Kier alpha value is -5.44. The molecule has 0 aliphatic carbocycles. The van der Waals surface area contributed by atoms with Gasteiger partial charge in [-0.1, -0.05) is 122 Å². The van der Waals surface area contributed by atoms with Gasteiger partial charge in [0.1, 0.15) is 0 Å². The van der Waals surface area contributed by atoms with E-state index in [4.69, 9.17) is 0 Å². The predicted octanol–water partition coefficient (Wildman–Crippen LogP) is 12.6. The molecule has 0 aliphatic rings. The number of rotatable bonds is 4. The van der Waals surface area contributed by atoms with Crippen LogP contribution < -0.4 is 0 Å². The molecular formula is C43H29NS. The van der Waals surface area contributed by atoms with Crippen molar-refractivity contribution in [1.29, 1.82) is 0 Å². The van der Waals surface area contributed by atoms with Crippen molar-refractivity contribution in [3.05, 3.63) is 157 Å². The summed E-state index contributed by atoms with van der Waals surface area (Å²) in [5.74, 6) is 0. The van der Waals surface area contributed by atoms with Gasteiger partial charge < -0.3 is 4.57 Å². The molecule has 0 fully saturated rings. The number of hydrogen-bond donors (Lipinski definition) is 0. The monoisotopic (exact) mass is 591 g/mol. The first-order valence-electron chi connectivity index (χ1n) is 15.4. The molecular weight excluding hydrogens is 563 g/mol. The Morgan fingerprint density at radius 1 is 0.578 bits per heavy atom. The molecule has 7 aromatic carbocycles. The lowest BCUT2D eigenvalue weighted by molar-refractivity contribution is 1.19. The lowest BCUT2D eigenvalue weighted by atomic mass is 9.92. The average molecular weight is 592 g/mol. The fourth-order valence-electron chi connectivity index (χ4n) is 7.31. The van der Waals surface area contributed by atoms with Crippen LogP contribution in [0.2, 0.25) is 0 Å². The zero-order valence-electron chi connectivity index (χ0n) is 24.9. The van der Waals surface area contributed by atoms with E-state index in [1.54, 1.807) is 0 Å². The second kappa shape index (κ2) is 10.1. The molecule has 2 heteroatoms. The van der Waals surface area contributed by atoms with Gasteiger partial charge >= 0.3 is 0 Å². The summed E-state index contributed by atoms with van der Waals surface area (Å²) in [5.41, 5.74) is 10.9. The molecule has 0 spiro atoms. The minimum atomic E-state index is 1.15. The molecule has 45 heavy (non-hydrogen) atoms. The van der Waals surface area contributed by atoms with Gasteiger partial charge in [-0.2, -0.15) is 0 Å². The molecule has 0 amide bonds. The Morgan fingerprint density at radius 2 is 1.33 bits per heavy atom. The molecule has 212 valence electrons. The Bertz CT molecular complexity index is 2630. The van der Waals surface area contributed by atoms with Gasteiger partial charge in [-0.15, -0.1) is 11.3 Å². The van der Waals surface area contributed by atoms with Crippen molar-refractivity contribution >= 4 is 70.2 Å². The molecule has 0 radical (unpaired) electrons. The lowest BCUT2D eigenvalue weighted by Crippen LogP contribution is -1.96. The molecule has 9 aromatic rings. The predicted molar refractivity (Wildman–Crippen MR) is 197 cm³/mol. The number of hydrogen-bond acceptors (Lipinski definition) is 1. The first-order valence-corrected chi connectivity index (χ1v) is 16.2. The van der Waals surface area contributed by atoms with E-state index in [-0.39, 0.29) is 0 Å². The second-order valence-corrected chi connectivity index (χ2v) is 12.9. The minimum absolute atomic E-state index is 1.15. The van der Waals surface area contributed by atoms with Crippen LogP contribution in [0.25, 0.3) is 86.8 Å². The van der Waals surface area contributed by atoms with Gasteiger partial charge in [0, 0.05) is 42.0 Å². The van der Waals surface area contributed by atoms with Crippen molar-refractivity contribution in [1.82, 2.24) is 4.57 Å². The Morgan fingerprint density at radius 3 is 2.22 bits per heavy atom. The summed E-state index contributed by atoms with van der Waals surface area (Å²) in [6.45, 7) is 6.53. The van der Waals surface area contributed by atoms with Crippen LogP contribution in [0.15, 0.2) is 146 Å². The van der Waals surface area contributed by atoms with Crippen molar-refractivity contribution in [3.8, 4) is 27.9 Å². The molecule has 0 unspecified atom stereocenters. The summed E-state index contributed by atoms with van der Waals surface area (Å²) < 4.78 is 5.12. The highest BCUT2D eigenvalue weighted by molar-refractivity contribution is 7.25. The van der Waals surface area contributed by atoms with Crippen LogP contribution in [0.5, 0.6) is 0 Å². The van der Waals surface area contributed by atoms with Crippen molar-refractivity contribution in [3.63, 3.8) is 0 Å². The fourth-order valence-corrected chi connectivity index (χ4v) is 8.45. The van der Waals surface area contributed by atoms with Crippen LogP contribution in [0.4, 0.5) is 0 Å². The van der Waals surface area contributed by atoms with Gasteiger partial charge in [-0.3, -0.25) is 0 Å². The highest BCUT2D eigenvalue weighted by Crippen LogP contribution is 2.44. The quantitative estimate of drug-likeness (QED) is 0.192. The molecule has 0 saturated heterocycles. The van der Waals surface area contributed by atoms with E-state index >= 15 is 0 Å². The number of aromatic nitrogens is 1. The van der Waals surface area contributed by atoms with Crippen LogP contribution in [-0.4, -0.2) is 4.57 Å². The second-order valence-electron chi connectivity index (χ2n) is 11.8. The van der Waals surface area contributed by atoms with Crippen LogP contribution in [0.1, 0.15) is 11.1 Å². The summed E-state index contributed by atoms with van der Waals surface area (Å²) >= 11 is 1.87. The van der Waals surface area contributed by atoms with Gasteiger partial charge in [-0.25, -0.2) is 0 Å². The smallest absolute Gasteiger partial charge is 0.0619 e. The van der Waals surface area contributed by atoms with Crippen LogP contribution >= 0.6 is 11.3 Å². The normalized spacial score (nSPS) is 11.8. The number of fused-ring (bicyclic) bond motifs is 8. The molecule has 1 nitrogen and oxygen atoms in total. The highest BCUT2D eigenvalue weighted by Gasteiger charge is 2.20. The Kier molecular flexibility index (Phi) is 5.81. The molecule has 0 aliphatic heterocycles. The van der Waals surface area contributed by atoms with Crippen molar-refractivity contribution in [2.75, 3.05) is 0 Å². The van der Waals surface area contributed by atoms with Crippen LogP contribution in [0, 0.1) is 6.92 Å². The van der Waals surface area contributed by atoms with E-state index in [0.717, 1.165) is 5.69 Å². The number of benzene rings is 7. The highest BCUT2D eigenvalue weighted by atomic mass is 32.1. The SMILES string of the molecule is C=Cc1c(-c2ccccc2C)ccc2c1c1ccc3ccccc3c1n2-c1cccc(-c2cccc3sc4ccccc4c23)c1. The largest absolute Gasteiger partial charge is 0.309 e. The van der Waals surface area contributed by atoms with Gasteiger partial charge in [0.05, 0.1) is 11.0 Å². The van der Waals surface area contributed by atoms with E-state index in [1.165, 1.54) is 86.1 Å². The number of aryl methyl sites for hydroxylation is 1. The minimum Gasteiger partial charge on any atom is -0.309 e. The van der Waals surface area contributed by atoms with Gasteiger partial charge in [-0.05, 0) is 76.0 Å². The zero-order valence-corrected chi connectivity index (χ0v) is 25.7. The van der Waals surface area contributed by atoms with Gasteiger partial charge in [0.2, 0.25) is 0 Å². The van der Waals surface area contributed by atoms with E-state index in [1.807, 2.05) is 17.4 Å². The maximum absolute atomic E-state index is 4.34. The first kappa shape index (κ1) is 26.0. The Labute approximate surface area is 265 Å². The van der Waals surface area contributed by atoms with Crippen molar-refractivity contribution in [2.24, 2.45) is 0 Å². The standard InChI is InChI=1S/C43H29NS/c1-3-31-35(32-16-6-4-12-27(32)2)24-25-38-41(31)37-23-22-28-13-5-7-17-34(28)43(37)44(38)30-15-10-14-29(26-30)33-19-11-21-40-42(33)36-18-8-9-20-39(36)45-40/h3-26H,1H2,2H3. The molecule has 9 rings (SSSR count). The molecule has 0 N–H and O–H groups in total. The average Bonchev–Trinajstić information content (AvgIpc) is 3.64. The van der Waals surface area contributed by atoms with Crippen LogP contribution in [-0.2, 0) is 0 Å². The molecule has 0 bridgehead atoms. The topological polar surface area (TPSA) is 4.93 Å². The van der Waals surface area contributed by atoms with Crippen molar-refractivity contribution < 1.29 is 0 Å². The number of thiophene rings is 1. The molecule has 2 aromatic heterocycles. The summed E-state index contributed by atoms with van der Waals surface area (Å²) in [5, 5.41) is 7.61. The third-order valence-corrected chi connectivity index (χ3v) is 10.5. The fraction of sp³-hybridized carbons (Fsp3) is 0.0233. The van der Waals surface area contributed by atoms with E-state index in [0.29, 0.717) is 0 Å². The zero-order chi connectivity index (χ0) is 30.1. The first-order chi connectivity index (χ1) is 22.2.